The number of rotatable bonds is 6. The number of hydrogen-bond acceptors (Lipinski definition) is 5. The van der Waals surface area contributed by atoms with Gasteiger partial charge in [-0.3, -0.25) is 4.79 Å². The van der Waals surface area contributed by atoms with Crippen LogP contribution in [0.25, 0.3) is 11.4 Å². The topological polar surface area (TPSA) is 78.5 Å². The molecule has 4 rings (SSSR count). The number of nitrogens with zero attached hydrogens (tertiary/aromatic N) is 2. The summed E-state index contributed by atoms with van der Waals surface area (Å²) in [5.74, 6) is 1.94. The maximum absolute atomic E-state index is 12.4. The molecule has 7 heteroatoms. The van der Waals surface area contributed by atoms with Crippen LogP contribution >= 0.6 is 11.8 Å². The summed E-state index contributed by atoms with van der Waals surface area (Å²) >= 11 is 1.61. The molecular weight excluding hydrogens is 374 g/mol. The lowest BCUT2D eigenvalue weighted by atomic mass is 10.1. The second kappa shape index (κ2) is 7.98. The number of aromatic amines is 1. The lowest BCUT2D eigenvalue weighted by molar-refractivity contribution is -0.128. The summed E-state index contributed by atoms with van der Waals surface area (Å²) in [6.07, 6.45) is 2.49. The van der Waals surface area contributed by atoms with Gasteiger partial charge in [0, 0.05) is 12.1 Å². The molecule has 0 aliphatic carbocycles. The summed E-state index contributed by atoms with van der Waals surface area (Å²) in [7, 11) is 1.53. The molecule has 0 spiro atoms. The number of H-pyrrole nitrogens is 1. The molecule has 2 aromatic carbocycles. The highest BCUT2D eigenvalue weighted by molar-refractivity contribution is 8.00. The first-order chi connectivity index (χ1) is 13.7. The molecular formula is C21H21N3O3S. The number of aromatic hydroxyl groups is 1. The summed E-state index contributed by atoms with van der Waals surface area (Å²) in [6, 6.07) is 15.2. The number of nitrogens with one attached hydrogen (secondary N) is 1. The largest absolute Gasteiger partial charge is 0.504 e. The molecule has 1 saturated heterocycles. The van der Waals surface area contributed by atoms with Crippen LogP contribution < -0.4 is 4.74 Å². The van der Waals surface area contributed by atoms with Gasteiger partial charge >= 0.3 is 0 Å². The number of carbonyl (C=O) groups excluding carboxylic acids is 1. The smallest absolute Gasteiger partial charge is 0.233 e. The average molecular weight is 395 g/mol. The summed E-state index contributed by atoms with van der Waals surface area (Å²) in [6.45, 7) is 0.587. The van der Waals surface area contributed by atoms with Crippen LogP contribution in [0.1, 0.15) is 16.6 Å². The van der Waals surface area contributed by atoms with E-state index in [1.165, 1.54) is 7.11 Å². The Morgan fingerprint density at radius 1 is 1.29 bits per heavy atom. The Labute approximate surface area is 167 Å². The van der Waals surface area contributed by atoms with Crippen molar-refractivity contribution in [2.24, 2.45) is 0 Å². The van der Waals surface area contributed by atoms with Gasteiger partial charge in [-0.2, -0.15) is 0 Å². The Morgan fingerprint density at radius 2 is 2.11 bits per heavy atom. The summed E-state index contributed by atoms with van der Waals surface area (Å²) in [4.78, 5) is 22.2. The molecule has 1 fully saturated rings. The number of aromatic nitrogens is 2. The van der Waals surface area contributed by atoms with Crippen molar-refractivity contribution in [2.45, 2.75) is 11.8 Å². The van der Waals surface area contributed by atoms with Gasteiger partial charge in [-0.05, 0) is 24.1 Å². The van der Waals surface area contributed by atoms with E-state index in [4.69, 9.17) is 4.74 Å². The summed E-state index contributed by atoms with van der Waals surface area (Å²) < 4.78 is 5.17. The van der Waals surface area contributed by atoms with Crippen LogP contribution in [0, 0.1) is 0 Å². The molecule has 0 saturated carbocycles. The van der Waals surface area contributed by atoms with Gasteiger partial charge in [0.15, 0.2) is 11.5 Å². The van der Waals surface area contributed by atoms with Gasteiger partial charge in [0.05, 0.1) is 24.8 Å². The first-order valence-electron chi connectivity index (χ1n) is 9.03. The fraction of sp³-hybridized carbons (Fsp3) is 0.238. The molecule has 144 valence electrons. The molecule has 6 nitrogen and oxygen atoms in total. The predicted molar refractivity (Wildman–Crippen MR) is 109 cm³/mol. The molecule has 2 N–H and O–H groups in total. The molecule has 2 heterocycles. The van der Waals surface area contributed by atoms with Crippen LogP contribution in [0.15, 0.2) is 54.7 Å². The standard InChI is InChI=1S/C21H21N3O3S/c1-27-18-11-14(7-8-17(18)25)9-10-24-19(26)13-28-21(24)16-12-22-20(23-16)15-5-3-2-4-6-15/h2-8,11-12,21,25H,9-10,13H2,1H3,(H,22,23). The van der Waals surface area contributed by atoms with Crippen LogP contribution in [0.5, 0.6) is 11.5 Å². The lowest BCUT2D eigenvalue weighted by Gasteiger charge is -2.23. The number of hydrogen-bond donors (Lipinski definition) is 2. The normalized spacial score (nSPS) is 16.5. The molecule has 0 bridgehead atoms. The SMILES string of the molecule is COc1cc(CCN2C(=O)CSC2c2cnc(-c3ccccc3)[nH]2)ccc1O. The number of thioether (sulfide) groups is 1. The maximum Gasteiger partial charge on any atom is 0.233 e. The fourth-order valence-electron chi connectivity index (χ4n) is 3.28. The Kier molecular flexibility index (Phi) is 5.25. The second-order valence-electron chi connectivity index (χ2n) is 6.56. The predicted octanol–water partition coefficient (Wildman–Crippen LogP) is 3.61. The van der Waals surface area contributed by atoms with E-state index in [1.54, 1.807) is 17.8 Å². The van der Waals surface area contributed by atoms with Gasteiger partial charge in [-0.15, -0.1) is 11.8 Å². The number of phenols is 1. The van der Waals surface area contributed by atoms with Crippen molar-refractivity contribution in [3.63, 3.8) is 0 Å². The highest BCUT2D eigenvalue weighted by atomic mass is 32.2. The van der Waals surface area contributed by atoms with Crippen LogP contribution in [0.4, 0.5) is 0 Å². The minimum atomic E-state index is -0.0727. The van der Waals surface area contributed by atoms with Crippen molar-refractivity contribution in [2.75, 3.05) is 19.4 Å². The van der Waals surface area contributed by atoms with Gasteiger partial charge in [-0.25, -0.2) is 4.98 Å². The Hall–Kier alpha value is -2.93. The van der Waals surface area contributed by atoms with E-state index < -0.39 is 0 Å². The van der Waals surface area contributed by atoms with E-state index in [0.717, 1.165) is 22.6 Å². The highest BCUT2D eigenvalue weighted by Gasteiger charge is 2.33. The minimum Gasteiger partial charge on any atom is -0.504 e. The molecule has 1 aliphatic rings. The van der Waals surface area contributed by atoms with Crippen molar-refractivity contribution in [1.29, 1.82) is 0 Å². The maximum atomic E-state index is 12.4. The summed E-state index contributed by atoms with van der Waals surface area (Å²) in [5, 5.41) is 9.67. The quantitative estimate of drug-likeness (QED) is 0.667. The van der Waals surface area contributed by atoms with E-state index >= 15 is 0 Å². The number of benzene rings is 2. The van der Waals surface area contributed by atoms with Crippen molar-refractivity contribution in [3.05, 3.63) is 66.0 Å². The third kappa shape index (κ3) is 3.71. The molecule has 1 aromatic heterocycles. The van der Waals surface area contributed by atoms with Gasteiger partial charge in [0.1, 0.15) is 11.2 Å². The summed E-state index contributed by atoms with van der Waals surface area (Å²) in [5.41, 5.74) is 2.96. The third-order valence-corrected chi connectivity index (χ3v) is 6.00. The molecule has 0 radical (unpaired) electrons. The van der Waals surface area contributed by atoms with Gasteiger partial charge in [0.2, 0.25) is 5.91 Å². The van der Waals surface area contributed by atoms with E-state index in [9.17, 15) is 9.90 Å². The zero-order valence-electron chi connectivity index (χ0n) is 15.5. The van der Waals surface area contributed by atoms with E-state index in [0.29, 0.717) is 24.5 Å². The number of phenolic OH excluding ortho intramolecular Hbond substituents is 1. The zero-order valence-corrected chi connectivity index (χ0v) is 16.3. The minimum absolute atomic E-state index is 0.0727. The van der Waals surface area contributed by atoms with Crippen molar-refractivity contribution in [3.8, 4) is 22.9 Å². The van der Waals surface area contributed by atoms with E-state index in [-0.39, 0.29) is 17.0 Å². The van der Waals surface area contributed by atoms with Crippen LogP contribution in [-0.4, -0.2) is 45.3 Å². The molecule has 1 unspecified atom stereocenters. The van der Waals surface area contributed by atoms with Crippen LogP contribution in [0.2, 0.25) is 0 Å². The van der Waals surface area contributed by atoms with Gasteiger partial charge < -0.3 is 19.7 Å². The molecule has 1 aliphatic heterocycles. The second-order valence-corrected chi connectivity index (χ2v) is 7.63. The number of methoxy groups -OCH3 is 1. The van der Waals surface area contributed by atoms with Gasteiger partial charge in [-0.1, -0.05) is 36.4 Å². The number of amides is 1. The molecule has 1 amide bonds. The zero-order chi connectivity index (χ0) is 19.5. The Balaban J connectivity index is 1.49. The van der Waals surface area contributed by atoms with Crippen molar-refractivity contribution in [1.82, 2.24) is 14.9 Å². The first-order valence-corrected chi connectivity index (χ1v) is 10.1. The number of imidazole rings is 1. The monoisotopic (exact) mass is 395 g/mol. The van der Waals surface area contributed by atoms with E-state index in [2.05, 4.69) is 9.97 Å². The van der Waals surface area contributed by atoms with Gasteiger partial charge in [0.25, 0.3) is 0 Å². The van der Waals surface area contributed by atoms with Crippen LogP contribution in [0.3, 0.4) is 0 Å². The Bertz CT molecular complexity index is 974. The van der Waals surface area contributed by atoms with E-state index in [1.807, 2.05) is 53.6 Å². The lowest BCUT2D eigenvalue weighted by Crippen LogP contribution is -2.30. The molecule has 3 aromatic rings. The van der Waals surface area contributed by atoms with Crippen molar-refractivity contribution < 1.29 is 14.6 Å². The van der Waals surface area contributed by atoms with Crippen LogP contribution in [-0.2, 0) is 11.2 Å². The molecule has 28 heavy (non-hydrogen) atoms. The number of ether oxygens (including phenoxy) is 1. The van der Waals surface area contributed by atoms with Crippen molar-refractivity contribution >= 4 is 17.7 Å². The Morgan fingerprint density at radius 3 is 2.89 bits per heavy atom. The fourth-order valence-corrected chi connectivity index (χ4v) is 4.45. The molecule has 1 atom stereocenters. The average Bonchev–Trinajstić information content (AvgIpc) is 3.35. The third-order valence-electron chi connectivity index (χ3n) is 4.76. The number of carbonyl (C=O) groups is 1. The first kappa shape index (κ1) is 18.4. The highest BCUT2D eigenvalue weighted by Crippen LogP contribution is 2.38.